The fourth-order valence-electron chi connectivity index (χ4n) is 4.20. The first-order valence-corrected chi connectivity index (χ1v) is 8.84. The second kappa shape index (κ2) is 6.26. The van der Waals surface area contributed by atoms with E-state index in [4.69, 9.17) is 0 Å². The highest BCUT2D eigenvalue weighted by molar-refractivity contribution is 5.95. The summed E-state index contributed by atoms with van der Waals surface area (Å²) in [6.45, 7) is 4.16. The van der Waals surface area contributed by atoms with Gasteiger partial charge in [-0.15, -0.1) is 10.2 Å². The average Bonchev–Trinajstić information content (AvgIpc) is 3.27. The molecule has 8 heteroatoms. The lowest BCUT2D eigenvalue weighted by Crippen LogP contribution is -2.30. The molecule has 0 radical (unpaired) electrons. The van der Waals surface area contributed by atoms with Gasteiger partial charge in [0.05, 0.1) is 16.5 Å². The molecule has 1 heterocycles. The van der Waals surface area contributed by atoms with Crippen LogP contribution in [0.25, 0.3) is 11.1 Å². The summed E-state index contributed by atoms with van der Waals surface area (Å²) in [6.07, 6.45) is 0.658. The number of hydrogen-bond acceptors (Lipinski definition) is 5. The molecule has 3 aromatic rings. The molecular formula is C20H18N4O4. The Bertz CT molecular complexity index is 1030. The van der Waals surface area contributed by atoms with Crippen LogP contribution in [0.2, 0.25) is 0 Å². The molecule has 142 valence electrons. The van der Waals surface area contributed by atoms with Crippen LogP contribution >= 0.6 is 0 Å². The summed E-state index contributed by atoms with van der Waals surface area (Å²) in [4.78, 5) is 23.0. The van der Waals surface area contributed by atoms with E-state index in [2.05, 4.69) is 34.5 Å². The molecule has 0 spiro atoms. The van der Waals surface area contributed by atoms with Gasteiger partial charge in [0.2, 0.25) is 0 Å². The van der Waals surface area contributed by atoms with Gasteiger partial charge in [0.15, 0.2) is 5.82 Å². The summed E-state index contributed by atoms with van der Waals surface area (Å²) >= 11 is 0. The van der Waals surface area contributed by atoms with E-state index in [1.54, 1.807) is 36.4 Å². The highest BCUT2D eigenvalue weighted by Gasteiger charge is 2.48. The van der Waals surface area contributed by atoms with Gasteiger partial charge in [0.25, 0.3) is 0 Å². The fraction of sp³-hybridized carbons (Fsp3) is 0.250. The normalized spacial score (nSPS) is 14.0. The molecule has 0 saturated carbocycles. The Morgan fingerprint density at radius 2 is 1.54 bits per heavy atom. The number of aromatic nitrogens is 4. The van der Waals surface area contributed by atoms with Gasteiger partial charge in [-0.25, -0.2) is 9.59 Å². The van der Waals surface area contributed by atoms with Crippen LogP contribution in [0.15, 0.2) is 36.4 Å². The van der Waals surface area contributed by atoms with Gasteiger partial charge >= 0.3 is 11.9 Å². The number of tetrazole rings is 1. The van der Waals surface area contributed by atoms with Crippen molar-refractivity contribution >= 4 is 11.9 Å². The van der Waals surface area contributed by atoms with Crippen LogP contribution in [0.4, 0.5) is 0 Å². The Kier molecular flexibility index (Phi) is 3.99. The fourth-order valence-corrected chi connectivity index (χ4v) is 4.20. The smallest absolute Gasteiger partial charge is 0.335 e. The maximum Gasteiger partial charge on any atom is 0.335 e. The maximum absolute atomic E-state index is 11.5. The molecule has 0 amide bonds. The van der Waals surface area contributed by atoms with Crippen molar-refractivity contribution in [3.8, 4) is 11.1 Å². The van der Waals surface area contributed by atoms with Gasteiger partial charge in [0, 0.05) is 0 Å². The first-order chi connectivity index (χ1) is 13.3. The molecule has 0 unspecified atom stereocenters. The lowest BCUT2D eigenvalue weighted by atomic mass is 9.71. The van der Waals surface area contributed by atoms with Gasteiger partial charge in [-0.3, -0.25) is 0 Å². The van der Waals surface area contributed by atoms with Crippen LogP contribution in [0.5, 0.6) is 0 Å². The number of nitrogens with zero attached hydrogens (tertiary/aromatic N) is 3. The minimum atomic E-state index is -1.04. The molecule has 4 rings (SSSR count). The van der Waals surface area contributed by atoms with Gasteiger partial charge in [-0.05, 0) is 58.9 Å². The van der Waals surface area contributed by atoms with E-state index in [1.807, 2.05) is 0 Å². The van der Waals surface area contributed by atoms with Crippen LogP contribution in [0, 0.1) is 5.92 Å². The molecular weight excluding hydrogens is 360 g/mol. The van der Waals surface area contributed by atoms with Crippen molar-refractivity contribution in [1.29, 1.82) is 0 Å². The highest BCUT2D eigenvalue weighted by atomic mass is 16.4. The number of aromatic carboxylic acids is 2. The number of carboxylic acids is 2. The zero-order chi connectivity index (χ0) is 20.1. The van der Waals surface area contributed by atoms with E-state index < -0.39 is 17.4 Å². The predicted molar refractivity (Wildman–Crippen MR) is 99.3 cm³/mol. The number of carboxylic acid groups (broad SMARTS) is 2. The molecule has 1 aliphatic rings. The third-order valence-electron chi connectivity index (χ3n) is 5.18. The standard InChI is InChI=1S/C20H18N4O4/c1-10(2)9-20(19-21-23-24-22-19)15-5-3-11(17(25)26)7-13(15)14-8-12(18(27)28)4-6-16(14)20/h3-8,10H,9H2,1-2H3,(H,25,26)(H,27,28)(H,21,22,23,24). The number of hydrogen-bond donors (Lipinski definition) is 3. The highest BCUT2D eigenvalue weighted by Crippen LogP contribution is 2.54. The van der Waals surface area contributed by atoms with Crippen molar-refractivity contribution in [1.82, 2.24) is 20.6 Å². The summed E-state index contributed by atoms with van der Waals surface area (Å²) in [5.41, 5.74) is 2.61. The van der Waals surface area contributed by atoms with Crippen molar-refractivity contribution in [2.45, 2.75) is 25.7 Å². The summed E-state index contributed by atoms with van der Waals surface area (Å²) in [7, 11) is 0. The number of carbonyl (C=O) groups is 2. The van der Waals surface area contributed by atoms with Crippen molar-refractivity contribution in [2.75, 3.05) is 0 Å². The van der Waals surface area contributed by atoms with Gasteiger partial charge < -0.3 is 10.2 Å². The van der Waals surface area contributed by atoms with E-state index in [9.17, 15) is 19.8 Å². The Balaban J connectivity index is 2.10. The Hall–Kier alpha value is -3.55. The number of nitrogens with one attached hydrogen (secondary N) is 1. The van der Waals surface area contributed by atoms with Crippen molar-refractivity contribution in [3.63, 3.8) is 0 Å². The molecule has 0 atom stereocenters. The van der Waals surface area contributed by atoms with Crippen LogP contribution in [-0.2, 0) is 5.41 Å². The average molecular weight is 378 g/mol. The number of fused-ring (bicyclic) bond motifs is 3. The largest absolute Gasteiger partial charge is 0.478 e. The SMILES string of the molecule is CC(C)CC1(c2nn[nH]n2)c2ccc(C(=O)O)cc2-c2cc(C(=O)O)ccc21. The number of benzene rings is 2. The monoisotopic (exact) mass is 378 g/mol. The molecule has 0 aliphatic heterocycles. The second-order valence-electron chi connectivity index (χ2n) is 7.37. The number of aromatic amines is 1. The molecule has 0 fully saturated rings. The van der Waals surface area contributed by atoms with Crippen molar-refractivity contribution < 1.29 is 19.8 Å². The number of rotatable bonds is 5. The first kappa shape index (κ1) is 17.8. The van der Waals surface area contributed by atoms with Gasteiger partial charge in [0.1, 0.15) is 0 Å². The van der Waals surface area contributed by atoms with Crippen LogP contribution in [-0.4, -0.2) is 42.8 Å². The van der Waals surface area contributed by atoms with E-state index in [-0.39, 0.29) is 17.0 Å². The Morgan fingerprint density at radius 3 is 1.93 bits per heavy atom. The Morgan fingerprint density at radius 1 is 1.00 bits per heavy atom. The van der Waals surface area contributed by atoms with Gasteiger partial charge in [-0.1, -0.05) is 31.2 Å². The summed E-state index contributed by atoms with van der Waals surface area (Å²) in [6, 6.07) is 9.84. The topological polar surface area (TPSA) is 129 Å². The van der Waals surface area contributed by atoms with Crippen LogP contribution in [0.1, 0.15) is 57.9 Å². The van der Waals surface area contributed by atoms with Crippen LogP contribution in [0.3, 0.4) is 0 Å². The first-order valence-electron chi connectivity index (χ1n) is 8.84. The summed E-state index contributed by atoms with van der Waals surface area (Å²) in [5.74, 6) is -1.35. The zero-order valence-electron chi connectivity index (χ0n) is 15.3. The van der Waals surface area contributed by atoms with Gasteiger partial charge in [-0.2, -0.15) is 5.21 Å². The molecule has 3 N–H and O–H groups in total. The molecule has 28 heavy (non-hydrogen) atoms. The van der Waals surface area contributed by atoms with Crippen LogP contribution < -0.4 is 0 Å². The molecule has 1 aliphatic carbocycles. The Labute approximate surface area is 160 Å². The second-order valence-corrected chi connectivity index (χ2v) is 7.37. The van der Waals surface area contributed by atoms with E-state index in [0.29, 0.717) is 23.4 Å². The lowest BCUT2D eigenvalue weighted by Gasteiger charge is -2.30. The van der Waals surface area contributed by atoms with E-state index >= 15 is 0 Å². The summed E-state index contributed by atoms with van der Waals surface area (Å²) < 4.78 is 0. The molecule has 8 nitrogen and oxygen atoms in total. The molecule has 0 bridgehead atoms. The summed E-state index contributed by atoms with van der Waals surface area (Å²) in [5, 5.41) is 33.6. The van der Waals surface area contributed by atoms with Crippen molar-refractivity contribution in [3.05, 3.63) is 64.5 Å². The van der Waals surface area contributed by atoms with Crippen molar-refractivity contribution in [2.24, 2.45) is 5.92 Å². The third-order valence-corrected chi connectivity index (χ3v) is 5.18. The predicted octanol–water partition coefficient (Wildman–Crippen LogP) is 2.96. The minimum absolute atomic E-state index is 0.138. The molecule has 0 saturated heterocycles. The molecule has 1 aromatic heterocycles. The zero-order valence-corrected chi connectivity index (χ0v) is 15.3. The van der Waals surface area contributed by atoms with E-state index in [0.717, 1.165) is 11.1 Å². The third kappa shape index (κ3) is 2.49. The quantitative estimate of drug-likeness (QED) is 0.622. The minimum Gasteiger partial charge on any atom is -0.478 e. The number of H-pyrrole nitrogens is 1. The molecule has 2 aromatic carbocycles. The van der Waals surface area contributed by atoms with E-state index in [1.165, 1.54) is 0 Å². The maximum atomic E-state index is 11.5. The lowest BCUT2D eigenvalue weighted by molar-refractivity contribution is 0.0686.